The molecule has 1 aliphatic rings. The first-order chi connectivity index (χ1) is 14.3. The molecule has 3 rings (SSSR count). The zero-order valence-electron chi connectivity index (χ0n) is 16.9. The summed E-state index contributed by atoms with van der Waals surface area (Å²) in [6.45, 7) is 4.51. The van der Waals surface area contributed by atoms with Crippen LogP contribution in [0.25, 0.3) is 0 Å². The minimum atomic E-state index is -1.34. The van der Waals surface area contributed by atoms with E-state index in [0.29, 0.717) is 16.9 Å². The summed E-state index contributed by atoms with van der Waals surface area (Å²) in [7, 11) is 0. The Kier molecular flexibility index (Phi) is 6.20. The Bertz CT molecular complexity index is 919. The second-order valence-corrected chi connectivity index (χ2v) is 6.90. The van der Waals surface area contributed by atoms with Crippen molar-refractivity contribution in [2.75, 3.05) is 13.2 Å². The zero-order valence-corrected chi connectivity index (χ0v) is 16.9. The molecule has 0 N–H and O–H groups in total. The van der Waals surface area contributed by atoms with E-state index in [0.717, 1.165) is 0 Å². The van der Waals surface area contributed by atoms with Crippen molar-refractivity contribution in [3.63, 3.8) is 0 Å². The van der Waals surface area contributed by atoms with Crippen molar-refractivity contribution in [1.29, 1.82) is 0 Å². The van der Waals surface area contributed by atoms with E-state index in [1.165, 1.54) is 55.5 Å². The van der Waals surface area contributed by atoms with Gasteiger partial charge in [-0.2, -0.15) is 0 Å². The van der Waals surface area contributed by atoms with Gasteiger partial charge >= 0.3 is 11.9 Å². The molecular weight excluding hydrogens is 394 g/mol. The van der Waals surface area contributed by atoms with E-state index in [4.69, 9.17) is 14.2 Å². The summed E-state index contributed by atoms with van der Waals surface area (Å²) < 4.78 is 44.0. The van der Waals surface area contributed by atoms with E-state index in [9.17, 15) is 18.4 Å². The van der Waals surface area contributed by atoms with Crippen LogP contribution in [0.3, 0.4) is 0 Å². The number of esters is 2. The van der Waals surface area contributed by atoms with Gasteiger partial charge in [0.15, 0.2) is 5.60 Å². The third kappa shape index (κ3) is 3.92. The van der Waals surface area contributed by atoms with Gasteiger partial charge in [-0.1, -0.05) is 24.3 Å². The van der Waals surface area contributed by atoms with Crippen molar-refractivity contribution >= 4 is 11.9 Å². The minimum absolute atomic E-state index is 0.149. The molecule has 158 valence electrons. The molecule has 0 aliphatic carbocycles. The second kappa shape index (κ2) is 8.65. The Hall–Kier alpha value is -3.22. The highest BCUT2D eigenvalue weighted by Gasteiger charge is 2.54. The number of hydrogen-bond donors (Lipinski definition) is 0. The molecule has 1 aliphatic heterocycles. The summed E-state index contributed by atoms with van der Waals surface area (Å²) in [5.74, 6) is -2.53. The first-order valence-electron chi connectivity index (χ1n) is 9.52. The van der Waals surface area contributed by atoms with E-state index in [-0.39, 0.29) is 18.8 Å². The van der Waals surface area contributed by atoms with Crippen LogP contribution in [-0.2, 0) is 29.4 Å². The number of carbonyl (C=O) groups excluding carboxylic acids is 2. The van der Waals surface area contributed by atoms with Crippen LogP contribution in [0.5, 0.6) is 0 Å². The minimum Gasteiger partial charge on any atom is -0.481 e. The van der Waals surface area contributed by atoms with Crippen LogP contribution >= 0.6 is 0 Å². The van der Waals surface area contributed by atoms with Gasteiger partial charge in [-0.15, -0.1) is 0 Å². The fourth-order valence-electron chi connectivity index (χ4n) is 3.79. The average molecular weight is 416 g/mol. The van der Waals surface area contributed by atoms with Crippen molar-refractivity contribution in [1.82, 2.24) is 0 Å². The van der Waals surface area contributed by atoms with E-state index in [1.54, 1.807) is 13.8 Å². The molecular formula is C23H22F2O5. The number of rotatable bonds is 6. The highest BCUT2D eigenvalue weighted by atomic mass is 19.1. The quantitative estimate of drug-likeness (QED) is 0.659. The summed E-state index contributed by atoms with van der Waals surface area (Å²) in [6.07, 6.45) is 0. The van der Waals surface area contributed by atoms with Crippen LogP contribution in [0, 0.1) is 17.6 Å². The Morgan fingerprint density at radius 1 is 0.967 bits per heavy atom. The Balaban J connectivity index is 2.22. The molecule has 0 aromatic heterocycles. The molecule has 0 saturated carbocycles. The van der Waals surface area contributed by atoms with Crippen LogP contribution in [0.4, 0.5) is 8.78 Å². The van der Waals surface area contributed by atoms with Gasteiger partial charge in [-0.3, -0.25) is 4.79 Å². The first-order valence-corrected chi connectivity index (χ1v) is 9.52. The van der Waals surface area contributed by atoms with Gasteiger partial charge in [0.2, 0.25) is 0 Å². The Morgan fingerprint density at radius 3 is 1.90 bits per heavy atom. The molecule has 0 amide bonds. The molecule has 1 heterocycles. The van der Waals surface area contributed by atoms with Gasteiger partial charge in [0, 0.05) is 18.1 Å². The summed E-state index contributed by atoms with van der Waals surface area (Å²) in [4.78, 5) is 24.3. The van der Waals surface area contributed by atoms with Crippen LogP contribution in [0.15, 0.2) is 59.9 Å². The Labute approximate surface area is 173 Å². The molecule has 0 bridgehead atoms. The van der Waals surface area contributed by atoms with Gasteiger partial charge in [0.1, 0.15) is 24.0 Å². The highest BCUT2D eigenvalue weighted by Crippen LogP contribution is 2.51. The highest BCUT2D eigenvalue weighted by molar-refractivity contribution is 5.91. The maximum absolute atomic E-state index is 13.6. The van der Waals surface area contributed by atoms with Gasteiger partial charge in [-0.25, -0.2) is 13.6 Å². The third-order valence-corrected chi connectivity index (χ3v) is 5.03. The summed E-state index contributed by atoms with van der Waals surface area (Å²) in [5.41, 5.74) is -0.0902. The number of benzene rings is 2. The molecule has 0 saturated heterocycles. The van der Waals surface area contributed by atoms with Crippen LogP contribution in [0.1, 0.15) is 31.9 Å². The number of ether oxygens (including phenoxy) is 3. The van der Waals surface area contributed by atoms with Crippen molar-refractivity contribution in [3.05, 3.63) is 82.6 Å². The Morgan fingerprint density at radius 2 is 1.47 bits per heavy atom. The fraction of sp³-hybridized carbons (Fsp3) is 0.304. The molecule has 1 unspecified atom stereocenters. The van der Waals surface area contributed by atoms with Gasteiger partial charge < -0.3 is 14.2 Å². The van der Waals surface area contributed by atoms with E-state index < -0.39 is 35.1 Å². The lowest BCUT2D eigenvalue weighted by atomic mass is 9.74. The second-order valence-electron chi connectivity index (χ2n) is 6.90. The smallest absolute Gasteiger partial charge is 0.338 e. The molecule has 5 nitrogen and oxygen atoms in total. The maximum atomic E-state index is 13.6. The normalized spacial score (nSPS) is 17.4. The number of allylic oxidation sites excluding steroid dienone is 1. The molecule has 7 heteroatoms. The largest absolute Gasteiger partial charge is 0.481 e. The summed E-state index contributed by atoms with van der Waals surface area (Å²) in [6, 6.07) is 11.2. The lowest BCUT2D eigenvalue weighted by Gasteiger charge is -2.36. The van der Waals surface area contributed by atoms with E-state index >= 15 is 0 Å². The van der Waals surface area contributed by atoms with Crippen molar-refractivity contribution in [2.45, 2.75) is 26.4 Å². The average Bonchev–Trinajstić information content (AvgIpc) is 3.00. The van der Waals surface area contributed by atoms with Crippen LogP contribution in [-0.4, -0.2) is 25.2 Å². The molecule has 30 heavy (non-hydrogen) atoms. The number of carbonyl (C=O) groups is 2. The lowest BCUT2D eigenvalue weighted by molar-refractivity contribution is -0.146. The SMILES string of the molecule is CCOC(=O)C1=C(C)OC(c2ccc(F)cc2)(c2ccc(F)cc2)C1COC(C)=O. The number of halogens is 2. The summed E-state index contributed by atoms with van der Waals surface area (Å²) >= 11 is 0. The first kappa shape index (κ1) is 21.5. The fourth-order valence-corrected chi connectivity index (χ4v) is 3.79. The topological polar surface area (TPSA) is 61.8 Å². The van der Waals surface area contributed by atoms with Crippen molar-refractivity contribution in [2.24, 2.45) is 5.92 Å². The molecule has 2 aromatic carbocycles. The summed E-state index contributed by atoms with van der Waals surface area (Å²) in [5, 5.41) is 0. The molecule has 0 spiro atoms. The monoisotopic (exact) mass is 416 g/mol. The van der Waals surface area contributed by atoms with E-state index in [1.807, 2.05) is 0 Å². The van der Waals surface area contributed by atoms with Gasteiger partial charge in [-0.05, 0) is 38.1 Å². The predicted octanol–water partition coefficient (Wildman–Crippen LogP) is 4.26. The van der Waals surface area contributed by atoms with Crippen molar-refractivity contribution < 1.29 is 32.6 Å². The predicted molar refractivity (Wildman–Crippen MR) is 104 cm³/mol. The van der Waals surface area contributed by atoms with Crippen molar-refractivity contribution in [3.8, 4) is 0 Å². The van der Waals surface area contributed by atoms with Gasteiger partial charge in [0.25, 0.3) is 0 Å². The van der Waals surface area contributed by atoms with Crippen LogP contribution < -0.4 is 0 Å². The lowest BCUT2D eigenvalue weighted by Crippen LogP contribution is -2.40. The maximum Gasteiger partial charge on any atom is 0.338 e. The molecule has 1 atom stereocenters. The molecule has 0 fully saturated rings. The zero-order chi connectivity index (χ0) is 21.9. The molecule has 2 aromatic rings. The third-order valence-electron chi connectivity index (χ3n) is 5.03. The van der Waals surface area contributed by atoms with Crippen LogP contribution in [0.2, 0.25) is 0 Å². The standard InChI is InChI=1S/C23H22F2O5/c1-4-28-22(27)21-14(2)30-23(20(21)13-29-15(3)26,16-5-9-18(24)10-6-16)17-7-11-19(25)12-8-17/h5-12,20H,4,13H2,1-3H3. The number of hydrogen-bond acceptors (Lipinski definition) is 5. The van der Waals surface area contributed by atoms with E-state index in [2.05, 4.69) is 0 Å². The van der Waals surface area contributed by atoms with Gasteiger partial charge in [0.05, 0.1) is 18.1 Å². The molecule has 0 radical (unpaired) electrons.